The smallest absolute Gasteiger partial charge is 0.416 e. The molecular formula is C28H29F6NO4. The van der Waals surface area contributed by atoms with E-state index in [2.05, 4.69) is 5.32 Å². The molecule has 0 aliphatic rings. The van der Waals surface area contributed by atoms with Crippen LogP contribution in [0.4, 0.5) is 32.0 Å². The Morgan fingerprint density at radius 3 is 1.69 bits per heavy atom. The minimum atomic E-state index is -4.37. The Labute approximate surface area is 222 Å². The van der Waals surface area contributed by atoms with Crippen LogP contribution < -0.4 is 14.8 Å². The zero-order valence-corrected chi connectivity index (χ0v) is 21.3. The lowest BCUT2D eigenvalue weighted by molar-refractivity contribution is -0.138. The van der Waals surface area contributed by atoms with E-state index < -0.39 is 29.4 Å². The number of aliphatic carboxylic acids is 1. The summed E-state index contributed by atoms with van der Waals surface area (Å²) >= 11 is 0. The monoisotopic (exact) mass is 557 g/mol. The van der Waals surface area contributed by atoms with Gasteiger partial charge in [0.05, 0.1) is 30.8 Å². The number of nitrogens with one attached hydrogen (secondary N) is 1. The number of halogens is 6. The van der Waals surface area contributed by atoms with Gasteiger partial charge in [0.2, 0.25) is 0 Å². The lowest BCUT2D eigenvalue weighted by atomic mass is 10.1. The number of benzene rings is 3. The number of hydrogen-bond donors (Lipinski definition) is 2. The molecule has 3 rings (SSSR count). The largest absolute Gasteiger partial charge is 0.490 e. The van der Waals surface area contributed by atoms with Crippen molar-refractivity contribution in [1.29, 1.82) is 0 Å². The average Bonchev–Trinajstić information content (AvgIpc) is 2.85. The summed E-state index contributed by atoms with van der Waals surface area (Å²) in [5.41, 5.74) is 0.671. The van der Waals surface area contributed by atoms with Crippen LogP contribution in [0.25, 0.3) is 0 Å². The van der Waals surface area contributed by atoms with E-state index in [9.17, 15) is 31.1 Å². The van der Waals surface area contributed by atoms with E-state index in [1.807, 2.05) is 32.0 Å². The maximum atomic E-state index is 12.5. The van der Waals surface area contributed by atoms with Crippen LogP contribution >= 0.6 is 0 Å². The molecule has 0 spiro atoms. The minimum absolute atomic E-state index is 0.266. The van der Waals surface area contributed by atoms with E-state index in [0.717, 1.165) is 47.6 Å². The Morgan fingerprint density at radius 2 is 1.23 bits per heavy atom. The molecule has 0 amide bonds. The highest BCUT2D eigenvalue weighted by atomic mass is 19.4. The van der Waals surface area contributed by atoms with E-state index in [0.29, 0.717) is 43.2 Å². The number of ether oxygens (including phenoxy) is 2. The molecule has 0 fully saturated rings. The Bertz CT molecular complexity index is 1180. The zero-order chi connectivity index (χ0) is 29.1. The first kappa shape index (κ1) is 31.3. The number of carboxylic acid groups (broad SMARTS) is 1. The van der Waals surface area contributed by atoms with Crippen molar-refractivity contribution < 1.29 is 45.7 Å². The van der Waals surface area contributed by atoms with Gasteiger partial charge in [-0.1, -0.05) is 24.3 Å². The SMILES string of the molecule is CCOc1ccc(NCCc2ccc(C(F)(F)F)cc2)cc1OCC.O=C(O)Cc1ccc(C(F)(F)F)cc1. The van der Waals surface area contributed by atoms with Crippen molar-refractivity contribution in [2.24, 2.45) is 0 Å². The molecule has 3 aromatic rings. The van der Waals surface area contributed by atoms with Gasteiger partial charge in [0, 0.05) is 18.3 Å². The zero-order valence-electron chi connectivity index (χ0n) is 21.3. The molecule has 0 unspecified atom stereocenters. The lowest BCUT2D eigenvalue weighted by Crippen LogP contribution is -2.07. The molecular weight excluding hydrogens is 528 g/mol. The normalized spacial score (nSPS) is 11.3. The van der Waals surface area contributed by atoms with Crippen LogP contribution in [0.5, 0.6) is 11.5 Å². The van der Waals surface area contributed by atoms with E-state index in [4.69, 9.17) is 14.6 Å². The highest BCUT2D eigenvalue weighted by Gasteiger charge is 2.30. The predicted octanol–water partition coefficient (Wildman–Crippen LogP) is 7.49. The molecule has 0 heterocycles. The van der Waals surface area contributed by atoms with Gasteiger partial charge in [-0.25, -0.2) is 0 Å². The van der Waals surface area contributed by atoms with Crippen molar-refractivity contribution in [2.45, 2.75) is 39.0 Å². The van der Waals surface area contributed by atoms with Crippen molar-refractivity contribution in [3.63, 3.8) is 0 Å². The number of hydrogen-bond acceptors (Lipinski definition) is 4. The average molecular weight is 558 g/mol. The van der Waals surface area contributed by atoms with Crippen LogP contribution in [0.15, 0.2) is 66.7 Å². The second kappa shape index (κ2) is 14.3. The molecule has 0 radical (unpaired) electrons. The summed E-state index contributed by atoms with van der Waals surface area (Å²) in [7, 11) is 0. The van der Waals surface area contributed by atoms with Gasteiger partial charge in [-0.05, 0) is 67.8 Å². The van der Waals surface area contributed by atoms with Gasteiger partial charge < -0.3 is 19.9 Å². The van der Waals surface area contributed by atoms with Gasteiger partial charge in [-0.15, -0.1) is 0 Å². The Kier molecular flexibility index (Phi) is 11.5. The van der Waals surface area contributed by atoms with Crippen LogP contribution in [0, 0.1) is 0 Å². The van der Waals surface area contributed by atoms with Crippen molar-refractivity contribution >= 4 is 11.7 Å². The third kappa shape index (κ3) is 10.8. The Balaban J connectivity index is 0.000000322. The summed E-state index contributed by atoms with van der Waals surface area (Å²) in [5.74, 6) is 0.297. The fourth-order valence-corrected chi connectivity index (χ4v) is 3.36. The molecule has 0 bridgehead atoms. The maximum Gasteiger partial charge on any atom is 0.416 e. The molecule has 0 aliphatic carbocycles. The number of rotatable bonds is 10. The first-order valence-electron chi connectivity index (χ1n) is 12.0. The summed E-state index contributed by atoms with van der Waals surface area (Å²) in [6, 6.07) is 14.9. The number of carbonyl (C=O) groups is 1. The number of alkyl halides is 6. The van der Waals surface area contributed by atoms with Crippen LogP contribution in [0.3, 0.4) is 0 Å². The summed E-state index contributed by atoms with van der Waals surface area (Å²) in [4.78, 5) is 10.2. The summed E-state index contributed by atoms with van der Waals surface area (Å²) in [5, 5.41) is 11.6. The Hall–Kier alpha value is -3.89. The number of carboxylic acids is 1. The highest BCUT2D eigenvalue weighted by Crippen LogP contribution is 2.31. The maximum absolute atomic E-state index is 12.5. The van der Waals surface area contributed by atoms with Gasteiger partial charge in [0.25, 0.3) is 0 Å². The Morgan fingerprint density at radius 1 is 0.744 bits per heavy atom. The summed E-state index contributed by atoms with van der Waals surface area (Å²) < 4.78 is 84.9. The fourth-order valence-electron chi connectivity index (χ4n) is 3.36. The van der Waals surface area contributed by atoms with Gasteiger partial charge in [0.15, 0.2) is 11.5 Å². The van der Waals surface area contributed by atoms with Crippen molar-refractivity contribution in [3.8, 4) is 11.5 Å². The van der Waals surface area contributed by atoms with Crippen LogP contribution in [-0.2, 0) is 30.0 Å². The van der Waals surface area contributed by atoms with Crippen molar-refractivity contribution in [2.75, 3.05) is 25.1 Å². The molecule has 3 aromatic carbocycles. The van der Waals surface area contributed by atoms with Crippen LogP contribution in [-0.4, -0.2) is 30.8 Å². The topological polar surface area (TPSA) is 67.8 Å². The first-order valence-corrected chi connectivity index (χ1v) is 12.0. The standard InChI is InChI=1S/C19H22F3NO2.C9H7F3O2/c1-3-24-17-10-9-16(13-18(17)25-4-2)23-12-11-14-5-7-15(8-6-14)19(20,21)22;10-9(11,12)7-3-1-6(2-4-7)5-8(13)14/h5-10,13,23H,3-4,11-12H2,1-2H3;1-4H,5H2,(H,13,14). The molecule has 0 atom stereocenters. The van der Waals surface area contributed by atoms with Gasteiger partial charge in [-0.2, -0.15) is 26.3 Å². The van der Waals surface area contributed by atoms with Crippen molar-refractivity contribution in [3.05, 3.63) is 89.0 Å². The molecule has 11 heteroatoms. The molecule has 2 N–H and O–H groups in total. The molecule has 0 aromatic heterocycles. The van der Waals surface area contributed by atoms with E-state index in [1.165, 1.54) is 12.1 Å². The molecule has 39 heavy (non-hydrogen) atoms. The summed E-state index contributed by atoms with van der Waals surface area (Å²) in [6.45, 7) is 5.51. The van der Waals surface area contributed by atoms with E-state index in [-0.39, 0.29) is 6.42 Å². The molecule has 5 nitrogen and oxygen atoms in total. The lowest BCUT2D eigenvalue weighted by Gasteiger charge is -2.13. The molecule has 0 saturated heterocycles. The second-order valence-corrected chi connectivity index (χ2v) is 8.16. The first-order chi connectivity index (χ1) is 18.3. The highest BCUT2D eigenvalue weighted by molar-refractivity contribution is 5.70. The summed E-state index contributed by atoms with van der Waals surface area (Å²) in [6.07, 6.45) is -8.32. The quantitative estimate of drug-likeness (QED) is 0.253. The van der Waals surface area contributed by atoms with Crippen LogP contribution in [0.2, 0.25) is 0 Å². The number of anilines is 1. The van der Waals surface area contributed by atoms with Crippen LogP contribution in [0.1, 0.15) is 36.1 Å². The fraction of sp³-hybridized carbons (Fsp3) is 0.321. The van der Waals surface area contributed by atoms with Gasteiger partial charge in [-0.3, -0.25) is 4.79 Å². The van der Waals surface area contributed by atoms with Gasteiger partial charge >= 0.3 is 18.3 Å². The minimum Gasteiger partial charge on any atom is -0.490 e. The predicted molar refractivity (Wildman–Crippen MR) is 135 cm³/mol. The van der Waals surface area contributed by atoms with E-state index >= 15 is 0 Å². The second-order valence-electron chi connectivity index (χ2n) is 8.16. The third-order valence-corrected chi connectivity index (χ3v) is 5.20. The molecule has 212 valence electrons. The molecule has 0 saturated carbocycles. The van der Waals surface area contributed by atoms with Gasteiger partial charge in [0.1, 0.15) is 0 Å². The third-order valence-electron chi connectivity index (χ3n) is 5.20. The van der Waals surface area contributed by atoms with E-state index in [1.54, 1.807) is 0 Å². The molecule has 0 aliphatic heterocycles. The van der Waals surface area contributed by atoms with Crippen molar-refractivity contribution in [1.82, 2.24) is 0 Å².